The Hall–Kier alpha value is -2.11. The molecule has 6 heteroatoms. The maximum atomic E-state index is 12.1. The van der Waals surface area contributed by atoms with E-state index < -0.39 is 5.97 Å². The van der Waals surface area contributed by atoms with Gasteiger partial charge in [-0.3, -0.25) is 14.4 Å². The minimum absolute atomic E-state index is 0.0212. The number of fused-ring (bicyclic) bond motifs is 4. The van der Waals surface area contributed by atoms with Crippen LogP contribution in [0.3, 0.4) is 0 Å². The smallest absolute Gasteiger partial charge is 0.303 e. The monoisotopic (exact) mass is 290 g/mol. The number of carboxylic acid groups (broad SMARTS) is 1. The van der Waals surface area contributed by atoms with Gasteiger partial charge in [0, 0.05) is 43.7 Å². The molecule has 1 fully saturated rings. The molecule has 0 aliphatic carbocycles. The van der Waals surface area contributed by atoms with Crippen LogP contribution in [0.15, 0.2) is 23.0 Å². The quantitative estimate of drug-likeness (QED) is 0.887. The van der Waals surface area contributed by atoms with Crippen LogP contribution in [0.5, 0.6) is 0 Å². The van der Waals surface area contributed by atoms with Crippen LogP contribution in [0.2, 0.25) is 0 Å². The summed E-state index contributed by atoms with van der Waals surface area (Å²) in [6.07, 6.45) is 0.920. The van der Waals surface area contributed by atoms with Gasteiger partial charge in [-0.15, -0.1) is 0 Å². The summed E-state index contributed by atoms with van der Waals surface area (Å²) in [5, 5.41) is 8.67. The van der Waals surface area contributed by atoms with Gasteiger partial charge in [-0.2, -0.15) is 0 Å². The molecule has 1 amide bonds. The predicted molar refractivity (Wildman–Crippen MR) is 75.0 cm³/mol. The number of likely N-dealkylation sites (tertiary alicyclic amines) is 1. The lowest BCUT2D eigenvalue weighted by atomic mass is 9.83. The van der Waals surface area contributed by atoms with Gasteiger partial charge in [-0.05, 0) is 18.4 Å². The van der Waals surface area contributed by atoms with Gasteiger partial charge < -0.3 is 14.6 Å². The zero-order valence-electron chi connectivity index (χ0n) is 11.7. The molecule has 6 nitrogen and oxygen atoms in total. The number of aromatic nitrogens is 1. The molecule has 2 atom stereocenters. The zero-order valence-corrected chi connectivity index (χ0v) is 11.7. The Kier molecular flexibility index (Phi) is 3.53. The van der Waals surface area contributed by atoms with Crippen molar-refractivity contribution in [2.24, 2.45) is 5.92 Å². The van der Waals surface area contributed by atoms with Gasteiger partial charge in [0.15, 0.2) is 0 Å². The van der Waals surface area contributed by atoms with E-state index in [9.17, 15) is 14.4 Å². The lowest BCUT2D eigenvalue weighted by molar-refractivity contribution is -0.141. The largest absolute Gasteiger partial charge is 0.481 e. The summed E-state index contributed by atoms with van der Waals surface area (Å²) >= 11 is 0. The molecule has 21 heavy (non-hydrogen) atoms. The minimum Gasteiger partial charge on any atom is -0.481 e. The number of hydrogen-bond acceptors (Lipinski definition) is 3. The first kappa shape index (κ1) is 13.9. The molecule has 1 N–H and O–H groups in total. The fraction of sp³-hybridized carbons (Fsp3) is 0.533. The number of carbonyl (C=O) groups is 2. The first-order chi connectivity index (χ1) is 10.0. The highest BCUT2D eigenvalue weighted by molar-refractivity contribution is 5.80. The van der Waals surface area contributed by atoms with Crippen LogP contribution in [0.4, 0.5) is 0 Å². The summed E-state index contributed by atoms with van der Waals surface area (Å²) < 4.78 is 1.82. The highest BCUT2D eigenvalue weighted by atomic mass is 16.4. The number of nitrogens with zero attached hydrogens (tertiary/aromatic N) is 2. The number of rotatable bonds is 3. The van der Waals surface area contributed by atoms with Crippen LogP contribution in [-0.2, 0) is 16.1 Å². The third kappa shape index (κ3) is 2.70. The Morgan fingerprint density at radius 3 is 2.76 bits per heavy atom. The molecular formula is C15H18N2O4. The highest BCUT2D eigenvalue weighted by Crippen LogP contribution is 2.35. The van der Waals surface area contributed by atoms with Crippen LogP contribution in [-0.4, -0.2) is 39.5 Å². The second-order valence-corrected chi connectivity index (χ2v) is 5.89. The molecule has 1 saturated heterocycles. The average molecular weight is 290 g/mol. The van der Waals surface area contributed by atoms with Crippen molar-refractivity contribution >= 4 is 11.9 Å². The van der Waals surface area contributed by atoms with E-state index in [4.69, 9.17) is 5.11 Å². The fourth-order valence-electron chi connectivity index (χ4n) is 3.47. The molecule has 0 aromatic carbocycles. The van der Waals surface area contributed by atoms with E-state index in [0.717, 1.165) is 12.1 Å². The van der Waals surface area contributed by atoms with Crippen molar-refractivity contribution in [2.75, 3.05) is 13.1 Å². The summed E-state index contributed by atoms with van der Waals surface area (Å²) in [6.45, 7) is 1.85. The molecule has 112 valence electrons. The third-order valence-corrected chi connectivity index (χ3v) is 4.39. The summed E-state index contributed by atoms with van der Waals surface area (Å²) in [5.41, 5.74) is 1.02. The molecule has 0 radical (unpaired) electrons. The van der Waals surface area contributed by atoms with Crippen molar-refractivity contribution in [2.45, 2.75) is 31.7 Å². The van der Waals surface area contributed by atoms with Gasteiger partial charge in [0.1, 0.15) is 0 Å². The van der Waals surface area contributed by atoms with Crippen LogP contribution in [0.1, 0.15) is 30.9 Å². The number of amides is 1. The van der Waals surface area contributed by atoms with E-state index in [1.165, 1.54) is 0 Å². The SMILES string of the molecule is O=C(O)CCC(=O)N1C[C@H]2C[C@H](C1)c1cccc(=O)n1C2. The van der Waals surface area contributed by atoms with E-state index >= 15 is 0 Å². The van der Waals surface area contributed by atoms with Crippen molar-refractivity contribution in [1.29, 1.82) is 0 Å². The molecule has 1 aromatic rings. The second-order valence-electron chi connectivity index (χ2n) is 5.89. The molecule has 0 unspecified atom stereocenters. The Balaban J connectivity index is 1.77. The van der Waals surface area contributed by atoms with E-state index in [1.807, 2.05) is 10.6 Å². The number of carbonyl (C=O) groups excluding carboxylic acids is 1. The molecule has 3 heterocycles. The van der Waals surface area contributed by atoms with Gasteiger partial charge in [0.05, 0.1) is 6.42 Å². The number of aliphatic carboxylic acids is 1. The molecule has 2 bridgehead atoms. The van der Waals surface area contributed by atoms with Crippen molar-refractivity contribution in [3.63, 3.8) is 0 Å². The first-order valence-electron chi connectivity index (χ1n) is 7.24. The predicted octanol–water partition coefficient (Wildman–Crippen LogP) is 0.659. The minimum atomic E-state index is -0.947. The Morgan fingerprint density at radius 2 is 2.00 bits per heavy atom. The Morgan fingerprint density at radius 1 is 1.19 bits per heavy atom. The normalized spacial score (nSPS) is 23.5. The van der Waals surface area contributed by atoms with Crippen molar-refractivity contribution in [3.05, 3.63) is 34.2 Å². The Labute approximate surface area is 122 Å². The van der Waals surface area contributed by atoms with Gasteiger partial charge in [-0.1, -0.05) is 6.07 Å². The standard InChI is InChI=1S/C15H18N2O4/c18-13(4-5-15(20)21)16-7-10-6-11(9-16)12-2-1-3-14(19)17(12)8-10/h1-3,10-11H,4-9H2,(H,20,21)/t10-,11-/m1/s1. The molecule has 0 spiro atoms. The van der Waals surface area contributed by atoms with Crippen LogP contribution in [0, 0.1) is 5.92 Å². The molecular weight excluding hydrogens is 272 g/mol. The Bertz CT molecular complexity index is 637. The molecule has 2 aliphatic heterocycles. The molecule has 1 aromatic heterocycles. The van der Waals surface area contributed by atoms with E-state index in [-0.39, 0.29) is 36.1 Å². The third-order valence-electron chi connectivity index (χ3n) is 4.39. The van der Waals surface area contributed by atoms with Gasteiger partial charge in [-0.25, -0.2) is 0 Å². The van der Waals surface area contributed by atoms with Gasteiger partial charge in [0.2, 0.25) is 5.91 Å². The lowest BCUT2D eigenvalue weighted by Crippen LogP contribution is -2.49. The zero-order chi connectivity index (χ0) is 15.0. The number of piperidine rings is 1. The first-order valence-corrected chi connectivity index (χ1v) is 7.24. The van der Waals surface area contributed by atoms with E-state index in [0.29, 0.717) is 19.6 Å². The number of carboxylic acids is 1. The van der Waals surface area contributed by atoms with Gasteiger partial charge >= 0.3 is 5.97 Å². The van der Waals surface area contributed by atoms with Crippen molar-refractivity contribution in [1.82, 2.24) is 9.47 Å². The van der Waals surface area contributed by atoms with E-state index in [2.05, 4.69) is 0 Å². The average Bonchev–Trinajstić information content (AvgIpc) is 2.45. The van der Waals surface area contributed by atoms with Crippen LogP contribution >= 0.6 is 0 Å². The van der Waals surface area contributed by atoms with Gasteiger partial charge in [0.25, 0.3) is 5.56 Å². The highest BCUT2D eigenvalue weighted by Gasteiger charge is 2.35. The summed E-state index contributed by atoms with van der Waals surface area (Å²) in [6, 6.07) is 5.29. The topological polar surface area (TPSA) is 79.6 Å². The number of hydrogen-bond donors (Lipinski definition) is 1. The fourth-order valence-corrected chi connectivity index (χ4v) is 3.47. The lowest BCUT2D eigenvalue weighted by Gasteiger charge is -2.42. The van der Waals surface area contributed by atoms with Crippen LogP contribution < -0.4 is 5.56 Å². The van der Waals surface area contributed by atoms with E-state index in [1.54, 1.807) is 17.0 Å². The van der Waals surface area contributed by atoms with Crippen molar-refractivity contribution in [3.8, 4) is 0 Å². The summed E-state index contributed by atoms with van der Waals surface area (Å²) in [7, 11) is 0. The second kappa shape index (κ2) is 5.35. The summed E-state index contributed by atoms with van der Waals surface area (Å²) in [5.74, 6) is -0.582. The molecule has 2 aliphatic rings. The summed E-state index contributed by atoms with van der Waals surface area (Å²) in [4.78, 5) is 36.4. The number of pyridine rings is 1. The maximum Gasteiger partial charge on any atom is 0.303 e. The van der Waals surface area contributed by atoms with Crippen molar-refractivity contribution < 1.29 is 14.7 Å². The van der Waals surface area contributed by atoms with Crippen LogP contribution in [0.25, 0.3) is 0 Å². The molecule has 0 saturated carbocycles. The maximum absolute atomic E-state index is 12.1. The molecule has 3 rings (SSSR count).